The highest BCUT2D eigenvalue weighted by Crippen LogP contribution is 2.40. The van der Waals surface area contributed by atoms with Crippen LogP contribution in [-0.2, 0) is 6.54 Å². The second-order valence-corrected chi connectivity index (χ2v) is 8.84. The molecule has 5 aromatic rings. The van der Waals surface area contributed by atoms with Crippen LogP contribution in [0.25, 0.3) is 32.0 Å². The van der Waals surface area contributed by atoms with Crippen LogP contribution in [0, 0.1) is 6.92 Å². The van der Waals surface area contributed by atoms with Gasteiger partial charge in [0.15, 0.2) is 5.82 Å². The van der Waals surface area contributed by atoms with Crippen LogP contribution in [0.15, 0.2) is 67.3 Å². The molecule has 0 aliphatic heterocycles. The molecule has 164 valence electrons. The smallest absolute Gasteiger partial charge is 0.164 e. The highest BCUT2D eigenvalue weighted by Gasteiger charge is 2.18. The maximum Gasteiger partial charge on any atom is 0.164 e. The Kier molecular flexibility index (Phi) is 5.90. The van der Waals surface area contributed by atoms with Crippen LogP contribution in [0.4, 0.5) is 5.82 Å². The lowest BCUT2D eigenvalue weighted by Crippen LogP contribution is -2.04. The number of benzene rings is 1. The van der Waals surface area contributed by atoms with Gasteiger partial charge in [-0.05, 0) is 60.0 Å². The van der Waals surface area contributed by atoms with Gasteiger partial charge in [-0.25, -0.2) is 9.97 Å². The second-order valence-electron chi connectivity index (χ2n) is 7.43. The number of methoxy groups -OCH3 is 1. The van der Waals surface area contributed by atoms with E-state index in [1.54, 1.807) is 43.2 Å². The van der Waals surface area contributed by atoms with Gasteiger partial charge in [-0.15, -0.1) is 11.3 Å². The van der Waals surface area contributed by atoms with Crippen LogP contribution in [-0.4, -0.2) is 27.0 Å². The molecule has 0 aliphatic rings. The van der Waals surface area contributed by atoms with Crippen molar-refractivity contribution in [2.75, 3.05) is 12.4 Å². The van der Waals surface area contributed by atoms with Crippen LogP contribution in [0.3, 0.4) is 0 Å². The predicted octanol–water partition coefficient (Wildman–Crippen LogP) is 6.40. The van der Waals surface area contributed by atoms with Gasteiger partial charge in [0.05, 0.1) is 17.5 Å². The average molecular weight is 474 g/mol. The van der Waals surface area contributed by atoms with Crippen molar-refractivity contribution in [2.45, 2.75) is 13.5 Å². The minimum absolute atomic E-state index is 0.558. The topological polar surface area (TPSA) is 72.8 Å². The predicted molar refractivity (Wildman–Crippen MR) is 134 cm³/mol. The number of pyridine rings is 2. The summed E-state index contributed by atoms with van der Waals surface area (Å²) in [4.78, 5) is 20.2. The van der Waals surface area contributed by atoms with Crippen LogP contribution >= 0.6 is 22.9 Å². The molecule has 1 aromatic carbocycles. The second kappa shape index (κ2) is 9.13. The van der Waals surface area contributed by atoms with Crippen molar-refractivity contribution < 1.29 is 4.74 Å². The molecule has 0 saturated carbocycles. The largest absolute Gasteiger partial charge is 0.495 e. The van der Waals surface area contributed by atoms with Crippen molar-refractivity contribution in [3.05, 3.63) is 83.4 Å². The summed E-state index contributed by atoms with van der Waals surface area (Å²) >= 11 is 7.97. The van der Waals surface area contributed by atoms with Gasteiger partial charge in [-0.2, -0.15) is 0 Å². The number of anilines is 1. The Morgan fingerprint density at radius 2 is 1.85 bits per heavy atom. The van der Waals surface area contributed by atoms with Gasteiger partial charge in [-0.3, -0.25) is 9.97 Å². The van der Waals surface area contributed by atoms with Gasteiger partial charge in [0.1, 0.15) is 16.4 Å². The molecule has 5 rings (SSSR count). The lowest BCUT2D eigenvalue weighted by Gasteiger charge is -2.11. The number of nitrogens with zero attached hydrogens (tertiary/aromatic N) is 4. The quantitative estimate of drug-likeness (QED) is 0.307. The van der Waals surface area contributed by atoms with Crippen molar-refractivity contribution in [3.63, 3.8) is 0 Å². The number of thiophene rings is 1. The van der Waals surface area contributed by atoms with Crippen LogP contribution in [0.2, 0.25) is 5.02 Å². The number of aromatic nitrogens is 4. The molecule has 1 N–H and O–H groups in total. The molecule has 0 aliphatic carbocycles. The van der Waals surface area contributed by atoms with Gasteiger partial charge in [-0.1, -0.05) is 17.7 Å². The molecule has 0 radical (unpaired) electrons. The molecule has 8 heteroatoms. The summed E-state index contributed by atoms with van der Waals surface area (Å²) in [7, 11) is 1.61. The Morgan fingerprint density at radius 1 is 1.00 bits per heavy atom. The van der Waals surface area contributed by atoms with Crippen molar-refractivity contribution in [3.8, 4) is 27.6 Å². The molecule has 0 unspecified atom stereocenters. The van der Waals surface area contributed by atoms with Gasteiger partial charge in [0.25, 0.3) is 0 Å². The maximum atomic E-state index is 6.32. The summed E-state index contributed by atoms with van der Waals surface area (Å²) in [5, 5.41) is 5.10. The number of hydrogen-bond donors (Lipinski definition) is 1. The third-order valence-electron chi connectivity index (χ3n) is 5.33. The molecule has 0 atom stereocenters. The fraction of sp³-hybridized carbons (Fsp3) is 0.120. The van der Waals surface area contributed by atoms with E-state index in [4.69, 9.17) is 26.3 Å². The fourth-order valence-corrected chi connectivity index (χ4v) is 5.14. The molecular formula is C25H20ClN5OS. The summed E-state index contributed by atoms with van der Waals surface area (Å²) in [5.41, 5.74) is 4.14. The van der Waals surface area contributed by atoms with E-state index in [2.05, 4.69) is 22.2 Å². The molecule has 33 heavy (non-hydrogen) atoms. The zero-order valence-corrected chi connectivity index (χ0v) is 19.6. The first-order valence-corrected chi connectivity index (χ1v) is 11.5. The summed E-state index contributed by atoms with van der Waals surface area (Å²) < 4.78 is 5.26. The molecule has 0 bridgehead atoms. The SMILES string of the molecule is COc1ccc(CNc2nc(-c3cccnc3)nc3sc(-c4ccncc4)c(C)c23)cc1Cl. The van der Waals surface area contributed by atoms with E-state index in [0.29, 0.717) is 23.1 Å². The number of fused-ring (bicyclic) bond motifs is 1. The Labute approximate surface area is 200 Å². The Morgan fingerprint density at radius 3 is 2.58 bits per heavy atom. The molecule has 0 saturated heterocycles. The average Bonchev–Trinajstić information content (AvgIpc) is 3.20. The third-order valence-corrected chi connectivity index (χ3v) is 6.86. The minimum atomic E-state index is 0.558. The summed E-state index contributed by atoms with van der Waals surface area (Å²) in [6.07, 6.45) is 7.13. The minimum Gasteiger partial charge on any atom is -0.495 e. The highest BCUT2D eigenvalue weighted by molar-refractivity contribution is 7.22. The van der Waals surface area contributed by atoms with Crippen molar-refractivity contribution >= 4 is 39.0 Å². The zero-order valence-electron chi connectivity index (χ0n) is 18.0. The zero-order chi connectivity index (χ0) is 22.8. The first-order valence-electron chi connectivity index (χ1n) is 10.3. The van der Waals surface area contributed by atoms with E-state index in [0.717, 1.165) is 43.2 Å². The number of halogens is 1. The molecular weight excluding hydrogens is 454 g/mol. The first kappa shape index (κ1) is 21.3. The third kappa shape index (κ3) is 4.25. The molecule has 0 fully saturated rings. The van der Waals surface area contributed by atoms with Crippen LogP contribution in [0.5, 0.6) is 5.75 Å². The number of nitrogens with one attached hydrogen (secondary N) is 1. The monoisotopic (exact) mass is 473 g/mol. The number of hydrogen-bond acceptors (Lipinski definition) is 7. The van der Waals surface area contributed by atoms with E-state index >= 15 is 0 Å². The van der Waals surface area contributed by atoms with E-state index in [1.807, 2.05) is 42.5 Å². The molecule has 4 aromatic heterocycles. The van der Waals surface area contributed by atoms with Gasteiger partial charge in [0.2, 0.25) is 0 Å². The van der Waals surface area contributed by atoms with E-state index < -0.39 is 0 Å². The van der Waals surface area contributed by atoms with E-state index in [-0.39, 0.29) is 0 Å². The van der Waals surface area contributed by atoms with Gasteiger partial charge in [0, 0.05) is 41.8 Å². The summed E-state index contributed by atoms with van der Waals surface area (Å²) in [6.45, 7) is 2.67. The lowest BCUT2D eigenvalue weighted by atomic mass is 10.1. The highest BCUT2D eigenvalue weighted by atomic mass is 35.5. The van der Waals surface area contributed by atoms with Crippen LogP contribution < -0.4 is 10.1 Å². The fourth-order valence-electron chi connectivity index (χ4n) is 3.68. The van der Waals surface area contributed by atoms with E-state index in [1.165, 1.54) is 0 Å². The Bertz CT molecular complexity index is 1420. The number of rotatable bonds is 6. The molecule has 0 spiro atoms. The van der Waals surface area contributed by atoms with Crippen LogP contribution in [0.1, 0.15) is 11.1 Å². The van der Waals surface area contributed by atoms with Gasteiger partial charge >= 0.3 is 0 Å². The lowest BCUT2D eigenvalue weighted by molar-refractivity contribution is 0.415. The van der Waals surface area contributed by atoms with E-state index in [9.17, 15) is 0 Å². The van der Waals surface area contributed by atoms with Crippen molar-refractivity contribution in [1.29, 1.82) is 0 Å². The van der Waals surface area contributed by atoms with Crippen molar-refractivity contribution in [2.24, 2.45) is 0 Å². The maximum absolute atomic E-state index is 6.32. The van der Waals surface area contributed by atoms with Crippen molar-refractivity contribution in [1.82, 2.24) is 19.9 Å². The number of ether oxygens (including phenoxy) is 1. The number of aryl methyl sites for hydroxylation is 1. The first-order chi connectivity index (χ1) is 16.1. The Balaban J connectivity index is 1.60. The standard InChI is InChI=1S/C25H20ClN5OS/c1-15-21-24(29-13-16-5-6-20(32-2)19(26)12-16)30-23(18-4-3-9-28-14-18)31-25(21)33-22(15)17-7-10-27-11-8-17/h3-12,14H,13H2,1-2H3,(H,29,30,31). The molecule has 6 nitrogen and oxygen atoms in total. The molecule has 0 amide bonds. The normalized spacial score (nSPS) is 11.0. The Hall–Kier alpha value is -3.55. The summed E-state index contributed by atoms with van der Waals surface area (Å²) in [6, 6.07) is 13.6. The van der Waals surface area contributed by atoms with Gasteiger partial charge < -0.3 is 10.1 Å². The molecule has 4 heterocycles. The summed E-state index contributed by atoms with van der Waals surface area (Å²) in [5.74, 6) is 2.06.